The lowest BCUT2D eigenvalue weighted by Crippen LogP contribution is -2.27. The molecule has 0 atom stereocenters. The first-order chi connectivity index (χ1) is 18.1. The number of benzene rings is 3. The number of nitrogens with zero attached hydrogens (tertiary/aromatic N) is 1. The number of thioether (sulfide) groups is 1. The molecule has 10 heteroatoms. The summed E-state index contributed by atoms with van der Waals surface area (Å²) in [4.78, 5) is 39.0. The lowest BCUT2D eigenvalue weighted by molar-refractivity contribution is -0.123. The number of nitrogens with one attached hydrogen (secondary N) is 1. The van der Waals surface area contributed by atoms with Gasteiger partial charge in [0.15, 0.2) is 18.1 Å². The van der Waals surface area contributed by atoms with Crippen LogP contribution in [0.3, 0.4) is 0 Å². The van der Waals surface area contributed by atoms with Crippen LogP contribution in [0.4, 0.5) is 14.9 Å². The van der Waals surface area contributed by atoms with E-state index < -0.39 is 17.0 Å². The van der Waals surface area contributed by atoms with Gasteiger partial charge < -0.3 is 14.8 Å². The SMILES string of the molecule is COc1cc(/C=C2\SC(=O)N(Cc3ccc(F)cc3Cl)C2=O)ccc1OCC(=O)Nc1ccc(C)c(C)c1. The van der Waals surface area contributed by atoms with Gasteiger partial charge in [0.05, 0.1) is 18.6 Å². The summed E-state index contributed by atoms with van der Waals surface area (Å²) in [6.45, 7) is 3.67. The molecule has 4 rings (SSSR count). The van der Waals surface area contributed by atoms with Crippen LogP contribution in [0.25, 0.3) is 6.08 Å². The van der Waals surface area contributed by atoms with Gasteiger partial charge in [-0.2, -0.15) is 0 Å². The van der Waals surface area contributed by atoms with Gasteiger partial charge in [0.25, 0.3) is 17.1 Å². The Morgan fingerprint density at radius 1 is 1.05 bits per heavy atom. The molecule has 1 aliphatic heterocycles. The highest BCUT2D eigenvalue weighted by Gasteiger charge is 2.35. The number of carbonyl (C=O) groups excluding carboxylic acids is 3. The second kappa shape index (κ2) is 11.7. The number of halogens is 2. The smallest absolute Gasteiger partial charge is 0.293 e. The number of hydrogen-bond donors (Lipinski definition) is 1. The van der Waals surface area contributed by atoms with Gasteiger partial charge in [-0.05, 0) is 90.3 Å². The molecule has 38 heavy (non-hydrogen) atoms. The van der Waals surface area contributed by atoms with Gasteiger partial charge >= 0.3 is 0 Å². The molecule has 0 aromatic heterocycles. The summed E-state index contributed by atoms with van der Waals surface area (Å²) in [7, 11) is 1.46. The predicted molar refractivity (Wildman–Crippen MR) is 146 cm³/mol. The number of aryl methyl sites for hydroxylation is 2. The number of methoxy groups -OCH3 is 1. The van der Waals surface area contributed by atoms with Gasteiger partial charge in [-0.1, -0.05) is 29.8 Å². The first-order valence-electron chi connectivity index (χ1n) is 11.5. The van der Waals surface area contributed by atoms with E-state index in [2.05, 4.69) is 5.32 Å². The molecule has 0 spiro atoms. The first-order valence-corrected chi connectivity index (χ1v) is 12.7. The topological polar surface area (TPSA) is 84.9 Å². The Kier molecular flexibility index (Phi) is 8.38. The molecule has 0 unspecified atom stereocenters. The molecule has 1 heterocycles. The largest absolute Gasteiger partial charge is 0.493 e. The zero-order valence-corrected chi connectivity index (χ0v) is 22.4. The van der Waals surface area contributed by atoms with Crippen molar-refractivity contribution in [3.63, 3.8) is 0 Å². The maximum absolute atomic E-state index is 13.3. The molecule has 0 radical (unpaired) electrons. The minimum absolute atomic E-state index is 0.0680. The van der Waals surface area contributed by atoms with Crippen molar-refractivity contribution in [2.45, 2.75) is 20.4 Å². The van der Waals surface area contributed by atoms with Crippen LogP contribution in [0.1, 0.15) is 22.3 Å². The Bertz CT molecular complexity index is 1460. The predicted octanol–water partition coefficient (Wildman–Crippen LogP) is 6.36. The summed E-state index contributed by atoms with van der Waals surface area (Å²) >= 11 is 6.85. The first kappa shape index (κ1) is 27.2. The van der Waals surface area contributed by atoms with E-state index in [1.807, 2.05) is 32.0 Å². The summed E-state index contributed by atoms with van der Waals surface area (Å²) in [6, 6.07) is 14.4. The van der Waals surface area contributed by atoms with Crippen molar-refractivity contribution in [1.29, 1.82) is 0 Å². The third kappa shape index (κ3) is 6.35. The maximum atomic E-state index is 13.3. The van der Waals surface area contributed by atoms with Crippen LogP contribution in [0, 0.1) is 19.7 Å². The third-order valence-corrected chi connectivity index (χ3v) is 7.11. The third-order valence-electron chi connectivity index (χ3n) is 5.85. The lowest BCUT2D eigenvalue weighted by Gasteiger charge is -2.13. The molecule has 1 N–H and O–H groups in total. The fourth-order valence-electron chi connectivity index (χ4n) is 3.66. The van der Waals surface area contributed by atoms with E-state index >= 15 is 0 Å². The van der Waals surface area contributed by atoms with Crippen molar-refractivity contribution in [2.75, 3.05) is 19.0 Å². The Balaban J connectivity index is 1.42. The molecule has 0 bridgehead atoms. The molecule has 7 nitrogen and oxygen atoms in total. The number of hydrogen-bond acceptors (Lipinski definition) is 6. The number of imide groups is 1. The zero-order chi connectivity index (χ0) is 27.4. The highest BCUT2D eigenvalue weighted by molar-refractivity contribution is 8.18. The van der Waals surface area contributed by atoms with Crippen molar-refractivity contribution < 1.29 is 28.2 Å². The van der Waals surface area contributed by atoms with Crippen LogP contribution in [-0.4, -0.2) is 35.7 Å². The van der Waals surface area contributed by atoms with E-state index in [0.717, 1.165) is 33.9 Å². The van der Waals surface area contributed by atoms with Gasteiger partial charge in [0, 0.05) is 10.7 Å². The molecule has 0 saturated carbocycles. The van der Waals surface area contributed by atoms with E-state index in [1.165, 1.54) is 19.2 Å². The van der Waals surface area contributed by atoms with Crippen LogP contribution >= 0.6 is 23.4 Å². The number of anilines is 1. The Hall–Kier alpha value is -3.82. The van der Waals surface area contributed by atoms with Gasteiger partial charge in [0.1, 0.15) is 5.82 Å². The normalized spacial score (nSPS) is 14.2. The van der Waals surface area contributed by atoms with Crippen LogP contribution < -0.4 is 14.8 Å². The van der Waals surface area contributed by atoms with E-state index in [-0.39, 0.29) is 29.0 Å². The summed E-state index contributed by atoms with van der Waals surface area (Å²) in [5, 5.41) is 2.48. The van der Waals surface area contributed by atoms with Gasteiger partial charge in [-0.25, -0.2) is 4.39 Å². The van der Waals surface area contributed by atoms with Gasteiger partial charge in [0.2, 0.25) is 0 Å². The highest BCUT2D eigenvalue weighted by Crippen LogP contribution is 2.36. The second-order valence-corrected chi connectivity index (χ2v) is 9.95. The van der Waals surface area contributed by atoms with Gasteiger partial charge in [-0.3, -0.25) is 19.3 Å². The molecule has 1 fully saturated rings. The maximum Gasteiger partial charge on any atom is 0.293 e. The minimum Gasteiger partial charge on any atom is -0.493 e. The molecular formula is C28H24ClFN2O5S. The lowest BCUT2D eigenvalue weighted by atomic mass is 10.1. The van der Waals surface area contributed by atoms with Crippen molar-refractivity contribution >= 4 is 52.2 Å². The molecule has 1 saturated heterocycles. The quantitative estimate of drug-likeness (QED) is 0.326. The van der Waals surface area contributed by atoms with E-state index in [9.17, 15) is 18.8 Å². The van der Waals surface area contributed by atoms with E-state index in [1.54, 1.807) is 24.3 Å². The van der Waals surface area contributed by atoms with Crippen LogP contribution in [0.15, 0.2) is 59.5 Å². The fraction of sp³-hybridized carbons (Fsp3) is 0.179. The number of ether oxygens (including phenoxy) is 2. The van der Waals surface area contributed by atoms with Gasteiger partial charge in [-0.15, -0.1) is 0 Å². The van der Waals surface area contributed by atoms with E-state index in [0.29, 0.717) is 28.3 Å². The summed E-state index contributed by atoms with van der Waals surface area (Å²) in [5.41, 5.74) is 3.93. The van der Waals surface area contributed by atoms with Crippen LogP contribution in [0.2, 0.25) is 5.02 Å². The number of rotatable bonds is 8. The second-order valence-electron chi connectivity index (χ2n) is 8.55. The number of carbonyl (C=O) groups is 3. The molecular weight excluding hydrogens is 531 g/mol. The summed E-state index contributed by atoms with van der Waals surface area (Å²) in [6.07, 6.45) is 1.57. The summed E-state index contributed by atoms with van der Waals surface area (Å²) in [5.74, 6) is -0.609. The van der Waals surface area contributed by atoms with Crippen molar-refractivity contribution in [1.82, 2.24) is 4.90 Å². The summed E-state index contributed by atoms with van der Waals surface area (Å²) < 4.78 is 24.4. The molecule has 3 amide bonds. The molecule has 3 aromatic rings. The van der Waals surface area contributed by atoms with Crippen molar-refractivity contribution in [3.8, 4) is 11.5 Å². The number of amides is 3. The molecule has 0 aliphatic carbocycles. The Labute approximate surface area is 228 Å². The monoisotopic (exact) mass is 554 g/mol. The van der Waals surface area contributed by atoms with E-state index in [4.69, 9.17) is 21.1 Å². The average molecular weight is 555 g/mol. The molecule has 3 aromatic carbocycles. The standard InChI is InChI=1S/C28H24ClFN2O5S/c1-16-4-8-21(10-17(16)2)31-26(33)15-37-23-9-5-18(11-24(23)36-3)12-25-27(34)32(28(35)38-25)14-19-6-7-20(30)13-22(19)29/h4-13H,14-15H2,1-3H3,(H,31,33)/b25-12-. The molecule has 1 aliphatic rings. The van der Waals surface area contributed by atoms with Crippen LogP contribution in [-0.2, 0) is 16.1 Å². The average Bonchev–Trinajstić information content (AvgIpc) is 3.14. The zero-order valence-electron chi connectivity index (χ0n) is 20.8. The Morgan fingerprint density at radius 3 is 2.55 bits per heavy atom. The fourth-order valence-corrected chi connectivity index (χ4v) is 4.73. The minimum atomic E-state index is -0.504. The van der Waals surface area contributed by atoms with Crippen LogP contribution in [0.5, 0.6) is 11.5 Å². The van der Waals surface area contributed by atoms with Crippen molar-refractivity contribution in [3.05, 3.63) is 92.6 Å². The molecule has 196 valence electrons. The van der Waals surface area contributed by atoms with Crippen molar-refractivity contribution in [2.24, 2.45) is 0 Å². The highest BCUT2D eigenvalue weighted by atomic mass is 35.5. The Morgan fingerprint density at radius 2 is 1.84 bits per heavy atom.